The molecular formula is C18H23N5O3S. The summed E-state index contributed by atoms with van der Waals surface area (Å²) < 4.78 is 34.2. The van der Waals surface area contributed by atoms with Gasteiger partial charge >= 0.3 is 0 Å². The van der Waals surface area contributed by atoms with Crippen LogP contribution in [0.2, 0.25) is 0 Å². The molecule has 0 atom stereocenters. The molecule has 0 aliphatic carbocycles. The third-order valence-electron chi connectivity index (χ3n) is 4.40. The summed E-state index contributed by atoms with van der Waals surface area (Å²) >= 11 is 0. The summed E-state index contributed by atoms with van der Waals surface area (Å²) in [6.07, 6.45) is 0. The van der Waals surface area contributed by atoms with Crippen LogP contribution in [0.25, 0.3) is 11.4 Å². The molecule has 8 nitrogen and oxygen atoms in total. The second-order valence-electron chi connectivity index (χ2n) is 6.12. The molecule has 27 heavy (non-hydrogen) atoms. The number of rotatable bonds is 7. The number of nitrogens with zero attached hydrogens (tertiary/aromatic N) is 5. The molecule has 144 valence electrons. The van der Waals surface area contributed by atoms with Crippen molar-refractivity contribution in [1.29, 1.82) is 0 Å². The second kappa shape index (κ2) is 7.61. The van der Waals surface area contributed by atoms with Crippen molar-refractivity contribution in [3.05, 3.63) is 47.6 Å². The van der Waals surface area contributed by atoms with E-state index in [2.05, 4.69) is 15.2 Å². The van der Waals surface area contributed by atoms with E-state index in [1.807, 2.05) is 44.2 Å². The molecule has 1 aromatic carbocycles. The molecule has 0 saturated heterocycles. The molecule has 0 radical (unpaired) electrons. The summed E-state index contributed by atoms with van der Waals surface area (Å²) in [5, 5.41) is 8.38. The number of hydrogen-bond donors (Lipinski definition) is 0. The molecule has 3 rings (SSSR count). The fourth-order valence-electron chi connectivity index (χ4n) is 3.05. The van der Waals surface area contributed by atoms with Gasteiger partial charge in [-0.15, -0.1) is 0 Å². The van der Waals surface area contributed by atoms with Gasteiger partial charge in [-0.1, -0.05) is 49.3 Å². The van der Waals surface area contributed by atoms with Crippen LogP contribution in [0.1, 0.15) is 31.1 Å². The predicted molar refractivity (Wildman–Crippen MR) is 101 cm³/mol. The summed E-state index contributed by atoms with van der Waals surface area (Å²) in [6, 6.07) is 9.51. The zero-order valence-corrected chi connectivity index (χ0v) is 16.7. The molecule has 3 aromatic rings. The van der Waals surface area contributed by atoms with Crippen molar-refractivity contribution in [2.24, 2.45) is 0 Å². The number of sulfonamides is 1. The second-order valence-corrected chi connectivity index (χ2v) is 8.00. The Labute approximate surface area is 158 Å². The van der Waals surface area contributed by atoms with Crippen LogP contribution in [0.15, 0.2) is 39.8 Å². The van der Waals surface area contributed by atoms with Gasteiger partial charge in [-0.3, -0.25) is 4.68 Å². The van der Waals surface area contributed by atoms with Crippen molar-refractivity contribution in [2.45, 2.75) is 39.1 Å². The Balaban J connectivity index is 1.91. The molecule has 0 saturated carbocycles. The molecule has 0 spiro atoms. The fraction of sp³-hybridized carbons (Fsp3) is 0.389. The van der Waals surface area contributed by atoms with Crippen LogP contribution < -0.4 is 0 Å². The van der Waals surface area contributed by atoms with E-state index in [1.165, 1.54) is 4.31 Å². The van der Waals surface area contributed by atoms with Crippen LogP contribution >= 0.6 is 0 Å². The Hall–Kier alpha value is -2.52. The molecule has 0 amide bonds. The van der Waals surface area contributed by atoms with Crippen molar-refractivity contribution in [2.75, 3.05) is 13.1 Å². The smallest absolute Gasteiger partial charge is 0.248 e. The Morgan fingerprint density at radius 3 is 2.41 bits per heavy atom. The highest BCUT2D eigenvalue weighted by Gasteiger charge is 2.29. The molecule has 0 bridgehead atoms. The first-order valence-electron chi connectivity index (χ1n) is 8.80. The molecule has 0 aliphatic heterocycles. The Bertz CT molecular complexity index is 1020. The average Bonchev–Trinajstić information content (AvgIpc) is 3.21. The van der Waals surface area contributed by atoms with Crippen molar-refractivity contribution in [3.63, 3.8) is 0 Å². The summed E-state index contributed by atoms with van der Waals surface area (Å²) in [4.78, 5) is 4.63. The molecule has 2 heterocycles. The van der Waals surface area contributed by atoms with Gasteiger partial charge in [0.2, 0.25) is 21.7 Å². The quantitative estimate of drug-likeness (QED) is 0.616. The monoisotopic (exact) mass is 389 g/mol. The highest BCUT2D eigenvalue weighted by molar-refractivity contribution is 7.89. The number of hydrogen-bond acceptors (Lipinski definition) is 6. The van der Waals surface area contributed by atoms with Crippen LogP contribution in [0.5, 0.6) is 0 Å². The lowest BCUT2D eigenvalue weighted by atomic mass is 10.2. The maximum atomic E-state index is 12.9. The van der Waals surface area contributed by atoms with Crippen molar-refractivity contribution >= 4 is 10.0 Å². The zero-order chi connectivity index (χ0) is 19.6. The highest BCUT2D eigenvalue weighted by atomic mass is 32.2. The Morgan fingerprint density at radius 2 is 1.78 bits per heavy atom. The molecule has 2 aromatic heterocycles. The van der Waals surface area contributed by atoms with Crippen LogP contribution in [0.3, 0.4) is 0 Å². The highest BCUT2D eigenvalue weighted by Crippen LogP contribution is 2.24. The lowest BCUT2D eigenvalue weighted by Gasteiger charge is -2.18. The largest absolute Gasteiger partial charge is 0.337 e. The van der Waals surface area contributed by atoms with E-state index in [0.29, 0.717) is 36.2 Å². The predicted octanol–water partition coefficient (Wildman–Crippen LogP) is 2.63. The third kappa shape index (κ3) is 3.65. The minimum Gasteiger partial charge on any atom is -0.337 e. The van der Waals surface area contributed by atoms with Gasteiger partial charge < -0.3 is 4.52 Å². The first-order chi connectivity index (χ1) is 12.9. The zero-order valence-electron chi connectivity index (χ0n) is 15.9. The molecule has 0 aliphatic rings. The van der Waals surface area contributed by atoms with E-state index in [-0.39, 0.29) is 11.4 Å². The Morgan fingerprint density at radius 1 is 1.11 bits per heavy atom. The topological polar surface area (TPSA) is 94.1 Å². The fourth-order valence-corrected chi connectivity index (χ4v) is 4.88. The van der Waals surface area contributed by atoms with E-state index < -0.39 is 10.0 Å². The van der Waals surface area contributed by atoms with Gasteiger partial charge in [-0.05, 0) is 13.8 Å². The number of aryl methyl sites for hydroxylation is 1. The molecule has 0 unspecified atom stereocenters. The summed E-state index contributed by atoms with van der Waals surface area (Å²) in [5.41, 5.74) is 1.87. The maximum Gasteiger partial charge on any atom is 0.248 e. The Kier molecular flexibility index (Phi) is 5.43. The van der Waals surface area contributed by atoms with E-state index in [4.69, 9.17) is 4.52 Å². The minimum atomic E-state index is -3.59. The van der Waals surface area contributed by atoms with Gasteiger partial charge in [0.25, 0.3) is 0 Å². The van der Waals surface area contributed by atoms with Gasteiger partial charge in [0.05, 0.1) is 11.4 Å². The normalized spacial score (nSPS) is 12.0. The van der Waals surface area contributed by atoms with Crippen molar-refractivity contribution in [3.8, 4) is 11.4 Å². The van der Waals surface area contributed by atoms with E-state index in [1.54, 1.807) is 18.5 Å². The van der Waals surface area contributed by atoms with Crippen LogP contribution in [0, 0.1) is 13.8 Å². The molecule has 9 heteroatoms. The molecular weight excluding hydrogens is 366 g/mol. The lowest BCUT2D eigenvalue weighted by Crippen LogP contribution is -2.31. The third-order valence-corrected chi connectivity index (χ3v) is 6.71. The van der Waals surface area contributed by atoms with Crippen LogP contribution in [-0.4, -0.2) is 45.7 Å². The SMILES string of the molecule is CCN(CC)S(=O)(=O)c1c(C)nn(Cc2nc(-c3ccccc3)no2)c1C. The minimum absolute atomic E-state index is 0.209. The van der Waals surface area contributed by atoms with Gasteiger partial charge in [-0.2, -0.15) is 14.4 Å². The molecule has 0 fully saturated rings. The van der Waals surface area contributed by atoms with Gasteiger partial charge in [-0.25, -0.2) is 8.42 Å². The van der Waals surface area contributed by atoms with Gasteiger partial charge in [0, 0.05) is 18.7 Å². The van der Waals surface area contributed by atoms with E-state index in [0.717, 1.165) is 5.56 Å². The van der Waals surface area contributed by atoms with Gasteiger partial charge in [0.15, 0.2) is 0 Å². The van der Waals surface area contributed by atoms with Crippen LogP contribution in [0.4, 0.5) is 0 Å². The van der Waals surface area contributed by atoms with Crippen LogP contribution in [-0.2, 0) is 16.6 Å². The van der Waals surface area contributed by atoms with Crippen molar-refractivity contribution < 1.29 is 12.9 Å². The summed E-state index contributed by atoms with van der Waals surface area (Å²) in [5.74, 6) is 0.856. The van der Waals surface area contributed by atoms with Gasteiger partial charge in [0.1, 0.15) is 11.4 Å². The average molecular weight is 389 g/mol. The van der Waals surface area contributed by atoms with Crippen molar-refractivity contribution in [1.82, 2.24) is 24.2 Å². The standard InChI is InChI=1S/C18H23N5O3S/c1-5-22(6-2)27(24,25)17-13(3)20-23(14(17)4)12-16-19-18(21-26-16)15-10-8-7-9-11-15/h7-11H,5-6,12H2,1-4H3. The maximum absolute atomic E-state index is 12.9. The summed E-state index contributed by atoms with van der Waals surface area (Å²) in [7, 11) is -3.59. The summed E-state index contributed by atoms with van der Waals surface area (Å²) in [6.45, 7) is 8.10. The van der Waals surface area contributed by atoms with E-state index in [9.17, 15) is 8.42 Å². The van der Waals surface area contributed by atoms with E-state index >= 15 is 0 Å². The molecule has 0 N–H and O–H groups in total. The first kappa shape index (κ1) is 19.2. The number of benzene rings is 1. The first-order valence-corrected chi connectivity index (χ1v) is 10.2. The lowest BCUT2D eigenvalue weighted by molar-refractivity contribution is 0.364. The number of aromatic nitrogens is 4.